The molecule has 0 aromatic carbocycles. The molecule has 0 aliphatic rings. The van der Waals surface area contributed by atoms with Crippen LogP contribution in [0, 0.1) is 0 Å². The molecule has 78 valence electrons. The molecule has 0 bridgehead atoms. The van der Waals surface area contributed by atoms with E-state index in [1.807, 2.05) is 0 Å². The van der Waals surface area contributed by atoms with Gasteiger partial charge < -0.3 is 4.74 Å². The molecule has 0 atom stereocenters. The number of ether oxygens (including phenoxy) is 1. The number of aldehydes is 1. The van der Waals surface area contributed by atoms with Crippen molar-refractivity contribution >= 4 is 18.3 Å². The van der Waals surface area contributed by atoms with Gasteiger partial charge in [-0.1, -0.05) is 6.07 Å². The summed E-state index contributed by atoms with van der Waals surface area (Å²) in [6, 6.07) is 4.99. The number of esters is 1. The number of carbonyl (C=O) groups excluding carboxylic acids is 2. The average Bonchev–Trinajstić information content (AvgIpc) is 2.27. The van der Waals surface area contributed by atoms with Crippen LogP contribution in [0.1, 0.15) is 23.1 Å². The minimum Gasteiger partial charge on any atom is -0.463 e. The van der Waals surface area contributed by atoms with E-state index in [1.165, 1.54) is 12.2 Å². The van der Waals surface area contributed by atoms with E-state index in [9.17, 15) is 9.59 Å². The van der Waals surface area contributed by atoms with Crippen molar-refractivity contribution < 1.29 is 14.3 Å². The largest absolute Gasteiger partial charge is 0.463 e. The molecule has 0 aliphatic heterocycles. The molecule has 4 nitrogen and oxygen atoms in total. The Morgan fingerprint density at radius 1 is 1.47 bits per heavy atom. The van der Waals surface area contributed by atoms with Crippen molar-refractivity contribution in [3.8, 4) is 0 Å². The van der Waals surface area contributed by atoms with Gasteiger partial charge in [0.1, 0.15) is 5.69 Å². The van der Waals surface area contributed by atoms with Crippen molar-refractivity contribution in [3.63, 3.8) is 0 Å². The molecule has 1 aromatic heterocycles. The number of rotatable bonds is 4. The first-order chi connectivity index (χ1) is 7.26. The van der Waals surface area contributed by atoms with Crippen molar-refractivity contribution in [1.82, 2.24) is 4.98 Å². The Kier molecular flexibility index (Phi) is 4.22. The number of aromatic nitrogens is 1. The lowest BCUT2D eigenvalue weighted by atomic mass is 10.3. The molecule has 0 radical (unpaired) electrons. The molecule has 0 amide bonds. The summed E-state index contributed by atoms with van der Waals surface area (Å²) in [4.78, 5) is 25.3. The summed E-state index contributed by atoms with van der Waals surface area (Å²) in [6.45, 7) is 2.07. The van der Waals surface area contributed by atoms with Gasteiger partial charge in [-0.05, 0) is 25.1 Å². The molecule has 1 rings (SSSR count). The topological polar surface area (TPSA) is 56.3 Å². The van der Waals surface area contributed by atoms with E-state index in [2.05, 4.69) is 4.98 Å². The smallest absolute Gasteiger partial charge is 0.330 e. The first-order valence-electron chi connectivity index (χ1n) is 4.53. The highest BCUT2D eigenvalue weighted by molar-refractivity contribution is 5.86. The summed E-state index contributed by atoms with van der Waals surface area (Å²) in [5.41, 5.74) is 0.883. The van der Waals surface area contributed by atoms with Crippen molar-refractivity contribution in [2.45, 2.75) is 6.92 Å². The summed E-state index contributed by atoms with van der Waals surface area (Å²) in [6.07, 6.45) is 3.44. The van der Waals surface area contributed by atoms with E-state index in [4.69, 9.17) is 4.74 Å². The zero-order chi connectivity index (χ0) is 11.1. The predicted molar refractivity (Wildman–Crippen MR) is 55.3 cm³/mol. The Bertz CT molecular complexity index is 385. The summed E-state index contributed by atoms with van der Waals surface area (Å²) in [7, 11) is 0. The van der Waals surface area contributed by atoms with Gasteiger partial charge in [-0.3, -0.25) is 4.79 Å². The van der Waals surface area contributed by atoms with E-state index >= 15 is 0 Å². The minimum atomic E-state index is -0.421. The van der Waals surface area contributed by atoms with Gasteiger partial charge in [0.05, 0.1) is 12.3 Å². The van der Waals surface area contributed by atoms with Gasteiger partial charge in [-0.15, -0.1) is 0 Å². The van der Waals surface area contributed by atoms with Gasteiger partial charge in [-0.2, -0.15) is 0 Å². The molecule has 0 spiro atoms. The Morgan fingerprint density at radius 2 is 2.20 bits per heavy atom. The van der Waals surface area contributed by atoms with Crippen LogP contribution in [-0.4, -0.2) is 23.8 Å². The Balaban J connectivity index is 2.71. The predicted octanol–water partition coefficient (Wildman–Crippen LogP) is 1.47. The number of hydrogen-bond acceptors (Lipinski definition) is 4. The molecule has 4 heteroatoms. The molecule has 0 fully saturated rings. The van der Waals surface area contributed by atoms with E-state index in [0.29, 0.717) is 24.3 Å². The maximum Gasteiger partial charge on any atom is 0.330 e. The van der Waals surface area contributed by atoms with E-state index in [-0.39, 0.29) is 0 Å². The summed E-state index contributed by atoms with van der Waals surface area (Å²) >= 11 is 0. The van der Waals surface area contributed by atoms with Crippen molar-refractivity contribution in [2.24, 2.45) is 0 Å². The monoisotopic (exact) mass is 205 g/mol. The van der Waals surface area contributed by atoms with Gasteiger partial charge >= 0.3 is 5.97 Å². The molecule has 1 heterocycles. The third kappa shape index (κ3) is 3.72. The van der Waals surface area contributed by atoms with Crippen LogP contribution in [0.5, 0.6) is 0 Å². The molecule has 1 aromatic rings. The van der Waals surface area contributed by atoms with E-state index in [0.717, 1.165) is 0 Å². The molecule has 0 N–H and O–H groups in total. The highest BCUT2D eigenvalue weighted by Crippen LogP contribution is 2.00. The average molecular weight is 205 g/mol. The molecular weight excluding hydrogens is 194 g/mol. The third-order valence-electron chi connectivity index (χ3n) is 1.59. The fourth-order valence-electron chi connectivity index (χ4n) is 0.971. The molecule has 0 aliphatic carbocycles. The van der Waals surface area contributed by atoms with Crippen molar-refractivity contribution in [2.75, 3.05) is 6.61 Å². The maximum atomic E-state index is 11.0. The SMILES string of the molecule is CCOC(=O)C=Cc1cccc(C=O)n1. The summed E-state index contributed by atoms with van der Waals surface area (Å²) in [5.74, 6) is -0.421. The number of nitrogens with zero attached hydrogens (tertiary/aromatic N) is 1. The van der Waals surface area contributed by atoms with Gasteiger partial charge in [-0.25, -0.2) is 9.78 Å². The highest BCUT2D eigenvalue weighted by atomic mass is 16.5. The molecule has 0 unspecified atom stereocenters. The normalized spacial score (nSPS) is 10.2. The van der Waals surface area contributed by atoms with Crippen LogP contribution in [0.3, 0.4) is 0 Å². The van der Waals surface area contributed by atoms with Crippen LogP contribution in [0.4, 0.5) is 0 Å². The quantitative estimate of drug-likeness (QED) is 0.424. The lowest BCUT2D eigenvalue weighted by Gasteiger charge is -1.95. The Morgan fingerprint density at radius 3 is 2.87 bits per heavy atom. The number of carbonyl (C=O) groups is 2. The Labute approximate surface area is 87.6 Å². The fourth-order valence-corrected chi connectivity index (χ4v) is 0.971. The Hall–Kier alpha value is -1.97. The van der Waals surface area contributed by atoms with E-state index in [1.54, 1.807) is 25.1 Å². The van der Waals surface area contributed by atoms with Crippen molar-refractivity contribution in [3.05, 3.63) is 35.7 Å². The zero-order valence-electron chi connectivity index (χ0n) is 8.34. The highest BCUT2D eigenvalue weighted by Gasteiger charge is 1.95. The fraction of sp³-hybridized carbons (Fsp3) is 0.182. The van der Waals surface area contributed by atoms with Crippen LogP contribution in [0.15, 0.2) is 24.3 Å². The lowest BCUT2D eigenvalue weighted by molar-refractivity contribution is -0.137. The molecule has 0 saturated carbocycles. The molecule has 15 heavy (non-hydrogen) atoms. The second kappa shape index (κ2) is 5.70. The van der Waals surface area contributed by atoms with Crippen LogP contribution in [-0.2, 0) is 9.53 Å². The molecular formula is C11H11NO3. The lowest BCUT2D eigenvalue weighted by Crippen LogP contribution is -1.99. The summed E-state index contributed by atoms with van der Waals surface area (Å²) in [5, 5.41) is 0. The number of hydrogen-bond donors (Lipinski definition) is 0. The standard InChI is InChI=1S/C11H11NO3/c1-2-15-11(14)7-6-9-4-3-5-10(8-13)12-9/h3-8H,2H2,1H3. The first-order valence-corrected chi connectivity index (χ1v) is 4.53. The minimum absolute atomic E-state index is 0.334. The van der Waals surface area contributed by atoms with Crippen LogP contribution < -0.4 is 0 Å². The van der Waals surface area contributed by atoms with Crippen LogP contribution in [0.2, 0.25) is 0 Å². The van der Waals surface area contributed by atoms with Gasteiger partial charge in [0.2, 0.25) is 0 Å². The number of pyridine rings is 1. The van der Waals surface area contributed by atoms with Crippen molar-refractivity contribution in [1.29, 1.82) is 0 Å². The first kappa shape index (κ1) is 11.1. The maximum absolute atomic E-state index is 11.0. The van der Waals surface area contributed by atoms with Gasteiger partial charge in [0.25, 0.3) is 0 Å². The van der Waals surface area contributed by atoms with E-state index < -0.39 is 5.97 Å². The second-order valence-electron chi connectivity index (χ2n) is 2.69. The summed E-state index contributed by atoms with van der Waals surface area (Å²) < 4.78 is 4.70. The zero-order valence-corrected chi connectivity index (χ0v) is 8.34. The molecule has 0 saturated heterocycles. The third-order valence-corrected chi connectivity index (χ3v) is 1.59. The van der Waals surface area contributed by atoms with Crippen LogP contribution in [0.25, 0.3) is 6.08 Å². The van der Waals surface area contributed by atoms with Crippen LogP contribution >= 0.6 is 0 Å². The van der Waals surface area contributed by atoms with Gasteiger partial charge in [0.15, 0.2) is 6.29 Å². The second-order valence-corrected chi connectivity index (χ2v) is 2.69. The van der Waals surface area contributed by atoms with Gasteiger partial charge in [0, 0.05) is 6.08 Å².